The van der Waals surface area contributed by atoms with E-state index in [1.165, 1.54) is 15.8 Å². The van der Waals surface area contributed by atoms with E-state index in [2.05, 4.69) is 34.6 Å². The molecule has 0 spiro atoms. The molecule has 0 atom stereocenters. The van der Waals surface area contributed by atoms with Gasteiger partial charge in [0.15, 0.2) is 11.5 Å². The molecule has 0 saturated carbocycles. The number of benzene rings is 1. The first-order valence-electron chi connectivity index (χ1n) is 7.11. The van der Waals surface area contributed by atoms with E-state index in [0.29, 0.717) is 17.4 Å². The molecule has 1 amide bonds. The maximum Gasteiger partial charge on any atom is 0.278 e. The van der Waals surface area contributed by atoms with Gasteiger partial charge in [0.1, 0.15) is 0 Å². The molecule has 0 saturated heterocycles. The van der Waals surface area contributed by atoms with Crippen LogP contribution in [0.1, 0.15) is 21.6 Å². The summed E-state index contributed by atoms with van der Waals surface area (Å²) in [6.45, 7) is 2.71. The van der Waals surface area contributed by atoms with Crippen LogP contribution in [0.3, 0.4) is 0 Å². The second-order valence-electron chi connectivity index (χ2n) is 5.28. The number of aromatic nitrogens is 4. The largest absolute Gasteiger partial charge is 0.304 e. The Balaban J connectivity index is 1.71. The summed E-state index contributed by atoms with van der Waals surface area (Å²) in [6, 6.07) is 9.86. The maximum atomic E-state index is 12.1. The third-order valence-electron chi connectivity index (χ3n) is 3.48. The average Bonchev–Trinajstić information content (AvgIpc) is 3.07. The molecule has 0 unspecified atom stereocenters. The van der Waals surface area contributed by atoms with Crippen molar-refractivity contribution in [2.75, 3.05) is 5.32 Å². The molecule has 7 heteroatoms. The predicted molar refractivity (Wildman–Crippen MR) is 88.7 cm³/mol. The number of hydrogen-bond donors (Lipinski definition) is 1. The Labute approximate surface area is 138 Å². The number of carbonyl (C=O) groups is 1. The number of nitrogens with one attached hydrogen (secondary N) is 1. The van der Waals surface area contributed by atoms with Crippen molar-refractivity contribution >= 4 is 23.3 Å². The second-order valence-corrected chi connectivity index (χ2v) is 5.69. The van der Waals surface area contributed by atoms with Gasteiger partial charge in [-0.15, -0.1) is 0 Å². The van der Waals surface area contributed by atoms with Crippen LogP contribution < -0.4 is 5.32 Å². The summed E-state index contributed by atoms with van der Waals surface area (Å²) >= 11 is 5.97. The molecular formula is C16H16ClN5O. The van der Waals surface area contributed by atoms with Gasteiger partial charge in [0.25, 0.3) is 5.91 Å². The van der Waals surface area contributed by atoms with Crippen molar-refractivity contribution in [1.29, 1.82) is 0 Å². The highest BCUT2D eigenvalue weighted by molar-refractivity contribution is 6.34. The molecule has 0 aliphatic rings. The topological polar surface area (TPSA) is 64.7 Å². The van der Waals surface area contributed by atoms with Crippen molar-refractivity contribution < 1.29 is 4.79 Å². The fourth-order valence-corrected chi connectivity index (χ4v) is 2.53. The number of rotatable bonds is 4. The van der Waals surface area contributed by atoms with Crippen molar-refractivity contribution in [3.63, 3.8) is 0 Å². The van der Waals surface area contributed by atoms with Gasteiger partial charge in [-0.2, -0.15) is 10.2 Å². The van der Waals surface area contributed by atoms with Crippen molar-refractivity contribution in [2.45, 2.75) is 13.5 Å². The first-order valence-corrected chi connectivity index (χ1v) is 7.49. The van der Waals surface area contributed by atoms with Gasteiger partial charge in [-0.25, -0.2) is 0 Å². The lowest BCUT2D eigenvalue weighted by atomic mass is 10.1. The van der Waals surface area contributed by atoms with Crippen LogP contribution in [0.15, 0.2) is 42.7 Å². The third kappa shape index (κ3) is 3.43. The zero-order valence-corrected chi connectivity index (χ0v) is 13.6. The lowest BCUT2D eigenvalue weighted by molar-refractivity contribution is 0.102. The average molecular weight is 330 g/mol. The van der Waals surface area contributed by atoms with E-state index in [1.807, 2.05) is 18.3 Å². The summed E-state index contributed by atoms with van der Waals surface area (Å²) in [5.41, 5.74) is 2.57. The number of aryl methyl sites for hydroxylation is 2. The molecule has 118 valence electrons. The van der Waals surface area contributed by atoms with Gasteiger partial charge in [0.05, 0.1) is 11.6 Å². The summed E-state index contributed by atoms with van der Waals surface area (Å²) in [7, 11) is 1.71. The highest BCUT2D eigenvalue weighted by Gasteiger charge is 2.15. The fraction of sp³-hybridized carbons (Fsp3) is 0.188. The molecule has 1 aromatic carbocycles. The molecule has 1 N–H and O–H groups in total. The van der Waals surface area contributed by atoms with Crippen LogP contribution in [-0.4, -0.2) is 25.5 Å². The summed E-state index contributed by atoms with van der Waals surface area (Å²) in [6.07, 6.45) is 3.40. The Bertz CT molecular complexity index is 852. The lowest BCUT2D eigenvalue weighted by Gasteiger charge is -2.05. The molecule has 3 rings (SSSR count). The van der Waals surface area contributed by atoms with Crippen molar-refractivity contribution in [3.8, 4) is 0 Å². The molecule has 0 bridgehead atoms. The smallest absolute Gasteiger partial charge is 0.278 e. The SMILES string of the molecule is Cc1ccccc1Cn1ccc(NC(=O)c2nn(C)cc2Cl)n1. The van der Waals surface area contributed by atoms with Crippen LogP contribution in [0.25, 0.3) is 0 Å². The molecule has 0 fully saturated rings. The van der Waals surface area contributed by atoms with E-state index in [-0.39, 0.29) is 11.6 Å². The van der Waals surface area contributed by atoms with E-state index >= 15 is 0 Å². The van der Waals surface area contributed by atoms with Crippen molar-refractivity contribution in [3.05, 3.63) is 64.6 Å². The monoisotopic (exact) mass is 329 g/mol. The van der Waals surface area contributed by atoms with Crippen LogP contribution in [-0.2, 0) is 13.6 Å². The normalized spacial score (nSPS) is 10.7. The molecule has 2 aromatic heterocycles. The number of nitrogens with zero attached hydrogens (tertiary/aromatic N) is 4. The molecule has 0 radical (unpaired) electrons. The zero-order chi connectivity index (χ0) is 16.4. The minimum absolute atomic E-state index is 0.183. The van der Waals surface area contributed by atoms with E-state index in [9.17, 15) is 4.79 Å². The van der Waals surface area contributed by atoms with Gasteiger partial charge in [-0.1, -0.05) is 35.9 Å². The lowest BCUT2D eigenvalue weighted by Crippen LogP contribution is -2.14. The summed E-state index contributed by atoms with van der Waals surface area (Å²) in [4.78, 5) is 12.1. The van der Waals surface area contributed by atoms with Crippen LogP contribution in [0.5, 0.6) is 0 Å². The molecule has 3 aromatic rings. The first-order chi connectivity index (χ1) is 11.0. The molecule has 2 heterocycles. The predicted octanol–water partition coefficient (Wildman–Crippen LogP) is 2.88. The Morgan fingerprint density at radius 3 is 2.74 bits per heavy atom. The summed E-state index contributed by atoms with van der Waals surface area (Å²) < 4.78 is 3.27. The van der Waals surface area contributed by atoms with E-state index in [1.54, 1.807) is 24.0 Å². The van der Waals surface area contributed by atoms with Crippen molar-refractivity contribution in [1.82, 2.24) is 19.6 Å². The first kappa shape index (κ1) is 15.3. The minimum Gasteiger partial charge on any atom is -0.304 e. The van der Waals surface area contributed by atoms with Gasteiger partial charge in [0, 0.05) is 25.5 Å². The van der Waals surface area contributed by atoms with Gasteiger partial charge in [0.2, 0.25) is 0 Å². The van der Waals surface area contributed by atoms with E-state index in [4.69, 9.17) is 11.6 Å². The van der Waals surface area contributed by atoms with E-state index in [0.717, 1.165) is 0 Å². The number of carbonyl (C=O) groups excluding carboxylic acids is 1. The third-order valence-corrected chi connectivity index (χ3v) is 3.75. The molecular weight excluding hydrogens is 314 g/mol. The highest BCUT2D eigenvalue weighted by Crippen LogP contribution is 2.15. The van der Waals surface area contributed by atoms with Gasteiger partial charge < -0.3 is 5.32 Å². The standard InChI is InChI=1S/C16H16ClN5O/c1-11-5-3-4-6-12(11)9-22-8-7-14(19-22)18-16(23)15-13(17)10-21(2)20-15/h3-8,10H,9H2,1-2H3,(H,18,19,23). The number of halogens is 1. The summed E-state index contributed by atoms with van der Waals surface area (Å²) in [5.74, 6) is 0.0852. The van der Waals surface area contributed by atoms with Gasteiger partial charge in [-0.3, -0.25) is 14.2 Å². The van der Waals surface area contributed by atoms with Gasteiger partial charge in [-0.05, 0) is 18.1 Å². The Hall–Kier alpha value is -2.60. The van der Waals surface area contributed by atoms with Crippen LogP contribution >= 0.6 is 11.6 Å². The number of anilines is 1. The van der Waals surface area contributed by atoms with Crippen molar-refractivity contribution in [2.24, 2.45) is 7.05 Å². The van der Waals surface area contributed by atoms with Crippen LogP contribution in [0, 0.1) is 6.92 Å². The Kier molecular flexibility index (Phi) is 4.16. The van der Waals surface area contributed by atoms with E-state index < -0.39 is 0 Å². The maximum absolute atomic E-state index is 12.1. The zero-order valence-electron chi connectivity index (χ0n) is 12.8. The number of amides is 1. The molecule has 6 nitrogen and oxygen atoms in total. The Morgan fingerprint density at radius 2 is 2.04 bits per heavy atom. The minimum atomic E-state index is -0.378. The van der Waals surface area contributed by atoms with Gasteiger partial charge >= 0.3 is 0 Å². The van der Waals surface area contributed by atoms with Crippen LogP contribution in [0.2, 0.25) is 5.02 Å². The second kappa shape index (κ2) is 6.26. The molecule has 0 aliphatic carbocycles. The molecule has 23 heavy (non-hydrogen) atoms. The summed E-state index contributed by atoms with van der Waals surface area (Å²) in [5, 5.41) is 11.4. The Morgan fingerprint density at radius 1 is 1.26 bits per heavy atom. The quantitative estimate of drug-likeness (QED) is 0.800. The molecule has 0 aliphatic heterocycles. The van der Waals surface area contributed by atoms with Crippen LogP contribution in [0.4, 0.5) is 5.82 Å². The highest BCUT2D eigenvalue weighted by atomic mass is 35.5. The number of hydrogen-bond acceptors (Lipinski definition) is 3. The fourth-order valence-electron chi connectivity index (χ4n) is 2.27.